The third-order valence-electron chi connectivity index (χ3n) is 3.48. The molecule has 1 aliphatic rings. The van der Waals surface area contributed by atoms with Crippen molar-refractivity contribution >= 4 is 23.2 Å². The monoisotopic (exact) mass is 258 g/mol. The number of aliphatic hydroxyl groups is 1. The summed E-state index contributed by atoms with van der Waals surface area (Å²) in [5.41, 5.74) is 1.35. The van der Waals surface area contributed by atoms with E-state index in [1.54, 1.807) is 6.07 Å². The van der Waals surface area contributed by atoms with Crippen LogP contribution in [0.2, 0.25) is 10.0 Å². The molecule has 1 fully saturated rings. The Morgan fingerprint density at radius 1 is 1.38 bits per heavy atom. The smallest absolute Gasteiger partial charge is 0.0614 e. The van der Waals surface area contributed by atoms with Crippen LogP contribution in [0.4, 0.5) is 0 Å². The summed E-state index contributed by atoms with van der Waals surface area (Å²) in [7, 11) is 0. The molecule has 88 valence electrons. The van der Waals surface area contributed by atoms with Crippen LogP contribution in [0.25, 0.3) is 0 Å². The van der Waals surface area contributed by atoms with Crippen molar-refractivity contribution < 1.29 is 5.11 Å². The van der Waals surface area contributed by atoms with Crippen LogP contribution in [0.3, 0.4) is 0 Å². The van der Waals surface area contributed by atoms with Gasteiger partial charge >= 0.3 is 0 Å². The van der Waals surface area contributed by atoms with Gasteiger partial charge in [0.2, 0.25) is 0 Å². The molecular formula is C13H16Cl2O. The SMILES string of the molecule is CC1(C)CC1C(O)Cc1ccc(Cl)c(Cl)c1. The Bertz CT molecular complexity index is 401. The molecule has 0 amide bonds. The standard InChI is InChI=1S/C13H16Cl2O/c1-13(2)7-9(13)12(16)6-8-3-4-10(14)11(15)5-8/h3-5,9,12,16H,6-7H2,1-2H3. The van der Waals surface area contributed by atoms with Crippen LogP contribution in [-0.2, 0) is 6.42 Å². The van der Waals surface area contributed by atoms with Gasteiger partial charge in [-0.15, -0.1) is 0 Å². The van der Waals surface area contributed by atoms with Gasteiger partial charge in [0.1, 0.15) is 0 Å². The Morgan fingerprint density at radius 3 is 2.50 bits per heavy atom. The molecule has 0 heterocycles. The van der Waals surface area contributed by atoms with Gasteiger partial charge in [0, 0.05) is 0 Å². The highest BCUT2D eigenvalue weighted by Crippen LogP contribution is 2.54. The van der Waals surface area contributed by atoms with Gasteiger partial charge < -0.3 is 5.11 Å². The second-order valence-corrected chi connectivity index (χ2v) is 6.13. The Kier molecular flexibility index (Phi) is 3.22. The van der Waals surface area contributed by atoms with Gasteiger partial charge in [-0.3, -0.25) is 0 Å². The lowest BCUT2D eigenvalue weighted by atomic mass is 10.00. The second-order valence-electron chi connectivity index (χ2n) is 5.32. The van der Waals surface area contributed by atoms with Crippen LogP contribution < -0.4 is 0 Å². The van der Waals surface area contributed by atoms with Crippen LogP contribution >= 0.6 is 23.2 Å². The molecule has 0 aliphatic heterocycles. The van der Waals surface area contributed by atoms with E-state index in [1.165, 1.54) is 0 Å². The lowest BCUT2D eigenvalue weighted by molar-refractivity contribution is 0.137. The van der Waals surface area contributed by atoms with E-state index in [1.807, 2.05) is 12.1 Å². The largest absolute Gasteiger partial charge is 0.392 e. The predicted molar refractivity (Wildman–Crippen MR) is 68.1 cm³/mol. The molecule has 0 aromatic heterocycles. The summed E-state index contributed by atoms with van der Waals surface area (Å²) in [6, 6.07) is 5.54. The normalized spacial score (nSPS) is 24.2. The number of aliphatic hydroxyl groups excluding tert-OH is 1. The minimum Gasteiger partial charge on any atom is -0.392 e. The number of hydrogen-bond acceptors (Lipinski definition) is 1. The summed E-state index contributed by atoms with van der Waals surface area (Å²) < 4.78 is 0. The number of rotatable bonds is 3. The molecule has 16 heavy (non-hydrogen) atoms. The van der Waals surface area contributed by atoms with Crippen LogP contribution in [0.15, 0.2) is 18.2 Å². The van der Waals surface area contributed by atoms with E-state index in [9.17, 15) is 5.11 Å². The van der Waals surface area contributed by atoms with Crippen molar-refractivity contribution in [2.45, 2.75) is 32.8 Å². The first-order valence-electron chi connectivity index (χ1n) is 5.52. The zero-order valence-corrected chi connectivity index (χ0v) is 11.0. The molecular weight excluding hydrogens is 243 g/mol. The minimum absolute atomic E-state index is 0.271. The van der Waals surface area contributed by atoms with Crippen LogP contribution in [-0.4, -0.2) is 11.2 Å². The highest BCUT2D eigenvalue weighted by atomic mass is 35.5. The minimum atomic E-state index is -0.271. The summed E-state index contributed by atoms with van der Waals surface area (Å²) in [6.45, 7) is 4.38. The van der Waals surface area contributed by atoms with Crippen molar-refractivity contribution in [1.82, 2.24) is 0 Å². The van der Waals surface area contributed by atoms with Gasteiger partial charge in [0.15, 0.2) is 0 Å². The Morgan fingerprint density at radius 2 is 2.00 bits per heavy atom. The average Bonchev–Trinajstić information content (AvgIpc) is 2.82. The zero-order chi connectivity index (χ0) is 11.9. The van der Waals surface area contributed by atoms with Gasteiger partial charge in [-0.25, -0.2) is 0 Å². The molecule has 2 atom stereocenters. The van der Waals surface area contributed by atoms with E-state index < -0.39 is 0 Å². The Hall–Kier alpha value is -0.240. The van der Waals surface area contributed by atoms with Gasteiger partial charge in [-0.2, -0.15) is 0 Å². The molecule has 1 saturated carbocycles. The van der Waals surface area contributed by atoms with Gasteiger partial charge in [0.05, 0.1) is 16.1 Å². The Labute approximate surface area is 106 Å². The molecule has 0 spiro atoms. The van der Waals surface area contributed by atoms with Gasteiger partial charge in [-0.1, -0.05) is 43.1 Å². The van der Waals surface area contributed by atoms with E-state index in [0.717, 1.165) is 12.0 Å². The van der Waals surface area contributed by atoms with Crippen LogP contribution in [0, 0.1) is 11.3 Å². The Balaban J connectivity index is 2.02. The van der Waals surface area contributed by atoms with Crippen LogP contribution in [0.1, 0.15) is 25.8 Å². The molecule has 1 aromatic rings. The lowest BCUT2D eigenvalue weighted by Gasteiger charge is -2.12. The highest BCUT2D eigenvalue weighted by Gasteiger charge is 2.49. The molecule has 1 aromatic carbocycles. The van der Waals surface area contributed by atoms with Crippen molar-refractivity contribution in [3.8, 4) is 0 Å². The van der Waals surface area contributed by atoms with Crippen molar-refractivity contribution in [3.05, 3.63) is 33.8 Å². The maximum absolute atomic E-state index is 10.1. The van der Waals surface area contributed by atoms with Crippen molar-refractivity contribution in [2.75, 3.05) is 0 Å². The third kappa shape index (κ3) is 2.53. The third-order valence-corrected chi connectivity index (χ3v) is 4.22. The molecule has 0 radical (unpaired) electrons. The van der Waals surface area contributed by atoms with E-state index in [4.69, 9.17) is 23.2 Å². The molecule has 0 saturated heterocycles. The maximum atomic E-state index is 10.1. The topological polar surface area (TPSA) is 20.2 Å². The lowest BCUT2D eigenvalue weighted by Crippen LogP contribution is -2.16. The fourth-order valence-electron chi connectivity index (χ4n) is 2.22. The summed E-state index contributed by atoms with van der Waals surface area (Å²) in [5, 5.41) is 11.2. The van der Waals surface area contributed by atoms with Crippen molar-refractivity contribution in [1.29, 1.82) is 0 Å². The quantitative estimate of drug-likeness (QED) is 0.871. The fourth-order valence-corrected chi connectivity index (χ4v) is 2.54. The van der Waals surface area contributed by atoms with Crippen molar-refractivity contribution in [3.63, 3.8) is 0 Å². The second kappa shape index (κ2) is 4.21. The van der Waals surface area contributed by atoms with E-state index in [-0.39, 0.29) is 6.10 Å². The first-order valence-corrected chi connectivity index (χ1v) is 6.28. The van der Waals surface area contributed by atoms with Gasteiger partial charge in [-0.05, 0) is 41.9 Å². The maximum Gasteiger partial charge on any atom is 0.0614 e. The van der Waals surface area contributed by atoms with E-state index in [2.05, 4.69) is 13.8 Å². The summed E-state index contributed by atoms with van der Waals surface area (Å²) in [6.07, 6.45) is 1.49. The number of hydrogen-bond donors (Lipinski definition) is 1. The molecule has 1 aliphatic carbocycles. The molecule has 2 unspecified atom stereocenters. The first-order chi connectivity index (χ1) is 7.40. The van der Waals surface area contributed by atoms with Gasteiger partial charge in [0.25, 0.3) is 0 Å². The molecule has 1 N–H and O–H groups in total. The van der Waals surface area contributed by atoms with E-state index >= 15 is 0 Å². The average molecular weight is 259 g/mol. The molecule has 2 rings (SSSR count). The summed E-state index contributed by atoms with van der Waals surface area (Å²) in [4.78, 5) is 0. The molecule has 1 nitrogen and oxygen atoms in total. The van der Waals surface area contributed by atoms with Crippen molar-refractivity contribution in [2.24, 2.45) is 11.3 Å². The first kappa shape index (κ1) is 12.2. The summed E-state index contributed by atoms with van der Waals surface area (Å²) >= 11 is 11.8. The molecule has 0 bridgehead atoms. The predicted octanol–water partition coefficient (Wildman–Crippen LogP) is 3.94. The van der Waals surface area contributed by atoms with E-state index in [0.29, 0.717) is 27.8 Å². The van der Waals surface area contributed by atoms with Crippen LogP contribution in [0.5, 0.6) is 0 Å². The fraction of sp³-hybridized carbons (Fsp3) is 0.538. The number of benzene rings is 1. The zero-order valence-electron chi connectivity index (χ0n) is 9.50. The number of halogens is 2. The summed E-state index contributed by atoms with van der Waals surface area (Å²) in [5.74, 6) is 0.418. The highest BCUT2D eigenvalue weighted by molar-refractivity contribution is 6.42. The molecule has 3 heteroatoms.